The number of hydrogen-bond donors (Lipinski definition) is 1. The molecule has 1 aromatic rings. The lowest BCUT2D eigenvalue weighted by molar-refractivity contribution is 0.0539. The summed E-state index contributed by atoms with van der Waals surface area (Å²) >= 11 is 5.11. The first kappa shape index (κ1) is 14.8. The van der Waals surface area contributed by atoms with Gasteiger partial charge in [0.25, 0.3) is 5.91 Å². The molecule has 2 rings (SSSR count). The second-order valence-corrected chi connectivity index (χ2v) is 5.77. The Bertz CT molecular complexity index is 497. The molecule has 2 N–H and O–H groups in total. The van der Waals surface area contributed by atoms with Gasteiger partial charge in [-0.2, -0.15) is 0 Å². The van der Waals surface area contributed by atoms with Crippen LogP contribution < -0.4 is 5.73 Å². The number of nitrogens with two attached hydrogens (primary N) is 1. The second-order valence-electron chi connectivity index (χ2n) is 5.33. The predicted octanol–water partition coefficient (Wildman–Crippen LogP) is 0.299. The monoisotopic (exact) mass is 293 g/mol. The molecule has 0 unspecified atom stereocenters. The third-order valence-corrected chi connectivity index (χ3v) is 4.27. The van der Waals surface area contributed by atoms with Crippen LogP contribution in [0.3, 0.4) is 0 Å². The van der Waals surface area contributed by atoms with Crippen LogP contribution >= 0.6 is 12.2 Å². The molecule has 0 bridgehead atoms. The van der Waals surface area contributed by atoms with Gasteiger partial charge in [0.05, 0.1) is 16.1 Å². The zero-order chi connectivity index (χ0) is 14.8. The maximum Gasteiger partial charge on any atom is 0.257 e. The lowest BCUT2D eigenvalue weighted by atomic mass is 10.0. The van der Waals surface area contributed by atoms with Gasteiger partial charge in [-0.3, -0.25) is 9.69 Å². The average Bonchev–Trinajstić information content (AvgIpc) is 2.47. The predicted molar refractivity (Wildman–Crippen MR) is 80.4 cm³/mol. The molecule has 1 aromatic heterocycles. The van der Waals surface area contributed by atoms with E-state index in [0.717, 1.165) is 13.1 Å². The first-order valence-corrected chi connectivity index (χ1v) is 6.93. The molecule has 0 aromatic carbocycles. The Morgan fingerprint density at radius 1 is 1.25 bits per heavy atom. The lowest BCUT2D eigenvalue weighted by Crippen LogP contribution is -2.59. The molecular weight excluding hydrogens is 274 g/mol. The van der Waals surface area contributed by atoms with Gasteiger partial charge in [0.2, 0.25) is 0 Å². The third kappa shape index (κ3) is 2.94. The number of nitrogens with zero attached hydrogens (tertiary/aromatic N) is 4. The van der Waals surface area contributed by atoms with Crippen molar-refractivity contribution in [3.8, 4) is 0 Å². The standard InChI is InChI=1S/C13H19N5OS/c1-13(2,12(14)20)18-5-3-17(4-6-18)11(19)10-7-15-9-16-8-10/h7-9H,3-6H2,1-2H3,(H2,14,20). The Kier molecular flexibility index (Phi) is 4.29. The van der Waals surface area contributed by atoms with Crippen molar-refractivity contribution < 1.29 is 4.79 Å². The molecule has 1 aliphatic heterocycles. The topological polar surface area (TPSA) is 75.3 Å². The summed E-state index contributed by atoms with van der Waals surface area (Å²) in [5.74, 6) is -0.0293. The van der Waals surface area contributed by atoms with Crippen molar-refractivity contribution in [1.29, 1.82) is 0 Å². The zero-order valence-electron chi connectivity index (χ0n) is 11.7. The van der Waals surface area contributed by atoms with Gasteiger partial charge in [-0.15, -0.1) is 0 Å². The largest absolute Gasteiger partial charge is 0.392 e. The highest BCUT2D eigenvalue weighted by molar-refractivity contribution is 7.80. The molecule has 0 atom stereocenters. The van der Waals surface area contributed by atoms with Crippen molar-refractivity contribution in [2.45, 2.75) is 19.4 Å². The van der Waals surface area contributed by atoms with Crippen LogP contribution in [-0.2, 0) is 0 Å². The van der Waals surface area contributed by atoms with Crippen molar-refractivity contribution >= 4 is 23.1 Å². The van der Waals surface area contributed by atoms with Gasteiger partial charge in [0, 0.05) is 38.6 Å². The highest BCUT2D eigenvalue weighted by Gasteiger charge is 2.33. The van der Waals surface area contributed by atoms with Gasteiger partial charge in [0.15, 0.2) is 0 Å². The maximum absolute atomic E-state index is 12.3. The number of hydrogen-bond acceptors (Lipinski definition) is 5. The molecule has 2 heterocycles. The number of carbonyl (C=O) groups excluding carboxylic acids is 1. The smallest absolute Gasteiger partial charge is 0.257 e. The summed E-state index contributed by atoms with van der Waals surface area (Å²) in [6, 6.07) is 0. The number of thiocarbonyl (C=S) groups is 1. The Balaban J connectivity index is 1.98. The summed E-state index contributed by atoms with van der Waals surface area (Å²) in [6.45, 7) is 6.84. The molecule has 1 fully saturated rings. The minimum absolute atomic E-state index is 0.0293. The van der Waals surface area contributed by atoms with E-state index in [-0.39, 0.29) is 11.4 Å². The quantitative estimate of drug-likeness (QED) is 0.808. The summed E-state index contributed by atoms with van der Waals surface area (Å²) in [6.07, 6.45) is 4.50. The minimum Gasteiger partial charge on any atom is -0.392 e. The van der Waals surface area contributed by atoms with E-state index in [1.807, 2.05) is 18.7 Å². The van der Waals surface area contributed by atoms with Crippen molar-refractivity contribution in [2.24, 2.45) is 5.73 Å². The molecule has 108 valence electrons. The van der Waals surface area contributed by atoms with E-state index >= 15 is 0 Å². The Morgan fingerprint density at radius 2 is 1.80 bits per heavy atom. The van der Waals surface area contributed by atoms with E-state index < -0.39 is 0 Å². The van der Waals surface area contributed by atoms with Gasteiger partial charge >= 0.3 is 0 Å². The molecule has 1 saturated heterocycles. The van der Waals surface area contributed by atoms with Crippen molar-refractivity contribution in [1.82, 2.24) is 19.8 Å². The fourth-order valence-corrected chi connectivity index (χ4v) is 2.35. The summed E-state index contributed by atoms with van der Waals surface area (Å²) in [7, 11) is 0. The molecule has 7 heteroatoms. The van der Waals surface area contributed by atoms with E-state index in [1.165, 1.54) is 6.33 Å². The molecule has 6 nitrogen and oxygen atoms in total. The molecule has 0 spiro atoms. The van der Waals surface area contributed by atoms with Crippen LogP contribution in [0.25, 0.3) is 0 Å². The van der Waals surface area contributed by atoms with Crippen LogP contribution in [0.4, 0.5) is 0 Å². The van der Waals surface area contributed by atoms with Crippen molar-refractivity contribution in [3.63, 3.8) is 0 Å². The van der Waals surface area contributed by atoms with Crippen molar-refractivity contribution in [3.05, 3.63) is 24.3 Å². The fraction of sp³-hybridized carbons (Fsp3) is 0.538. The Labute approximate surface area is 124 Å². The molecule has 1 aliphatic rings. The van der Waals surface area contributed by atoms with Crippen molar-refractivity contribution in [2.75, 3.05) is 26.2 Å². The Hall–Kier alpha value is -1.60. The summed E-state index contributed by atoms with van der Waals surface area (Å²) in [4.78, 5) is 24.5. The van der Waals surface area contributed by atoms with E-state index in [1.54, 1.807) is 12.4 Å². The van der Waals surface area contributed by atoms with Gasteiger partial charge < -0.3 is 10.6 Å². The average molecular weight is 293 g/mol. The SMILES string of the molecule is CC(C)(C(N)=S)N1CCN(C(=O)c2cncnc2)CC1. The Morgan fingerprint density at radius 3 is 2.30 bits per heavy atom. The van der Waals surface area contributed by atoms with E-state index in [9.17, 15) is 4.79 Å². The van der Waals surface area contributed by atoms with Crippen LogP contribution in [0.2, 0.25) is 0 Å². The molecule has 1 amide bonds. The number of rotatable bonds is 3. The van der Waals surface area contributed by atoms with Crippen LogP contribution in [0.15, 0.2) is 18.7 Å². The highest BCUT2D eigenvalue weighted by Crippen LogP contribution is 2.18. The maximum atomic E-state index is 12.3. The first-order chi connectivity index (χ1) is 9.43. The van der Waals surface area contributed by atoms with Gasteiger partial charge in [-0.25, -0.2) is 9.97 Å². The molecule has 0 radical (unpaired) electrons. The normalized spacial score (nSPS) is 17.0. The van der Waals surface area contributed by atoms with E-state index in [4.69, 9.17) is 18.0 Å². The van der Waals surface area contributed by atoms with Crippen LogP contribution in [0.5, 0.6) is 0 Å². The summed E-state index contributed by atoms with van der Waals surface area (Å²) < 4.78 is 0. The molecule has 0 aliphatic carbocycles. The molecule has 0 saturated carbocycles. The van der Waals surface area contributed by atoms with Crippen LogP contribution in [-0.4, -0.2) is 62.4 Å². The first-order valence-electron chi connectivity index (χ1n) is 6.52. The summed E-state index contributed by atoms with van der Waals surface area (Å²) in [5.41, 5.74) is 5.98. The summed E-state index contributed by atoms with van der Waals surface area (Å²) in [5, 5.41) is 0. The van der Waals surface area contributed by atoms with Gasteiger partial charge in [0.1, 0.15) is 6.33 Å². The number of carbonyl (C=O) groups is 1. The molecule has 20 heavy (non-hydrogen) atoms. The minimum atomic E-state index is -0.319. The van der Waals surface area contributed by atoms with Gasteiger partial charge in [-0.05, 0) is 13.8 Å². The number of amides is 1. The third-order valence-electron chi connectivity index (χ3n) is 3.77. The van der Waals surface area contributed by atoms with Crippen LogP contribution in [0, 0.1) is 0 Å². The highest BCUT2D eigenvalue weighted by atomic mass is 32.1. The lowest BCUT2D eigenvalue weighted by Gasteiger charge is -2.43. The van der Waals surface area contributed by atoms with Crippen LogP contribution in [0.1, 0.15) is 24.2 Å². The van der Waals surface area contributed by atoms with E-state index in [0.29, 0.717) is 23.6 Å². The number of aromatic nitrogens is 2. The molecular formula is C13H19N5OS. The number of piperazine rings is 1. The fourth-order valence-electron chi connectivity index (χ4n) is 2.22. The zero-order valence-corrected chi connectivity index (χ0v) is 12.6. The van der Waals surface area contributed by atoms with E-state index in [2.05, 4.69) is 14.9 Å². The van der Waals surface area contributed by atoms with Gasteiger partial charge in [-0.1, -0.05) is 12.2 Å². The second kappa shape index (κ2) is 5.80.